The molecule has 3 nitrogen and oxygen atoms in total. The minimum Gasteiger partial charge on any atom is -0.336 e. The average molecular weight is 487 g/mol. The molecule has 0 radical (unpaired) electrons. The van der Waals surface area contributed by atoms with Crippen molar-refractivity contribution in [2.75, 3.05) is 11.9 Å². The van der Waals surface area contributed by atoms with Crippen molar-refractivity contribution in [2.24, 2.45) is 0 Å². The standard InChI is InChI=1S/C31H38N2OS/c1-22(2)25-16-12-17-26(23(3)4)29(25)33-30(34)32-21-31(19-10-11-20-31)35-28-18-9-8-15-27(28)24-13-6-5-7-14-24/h5-9,12-18,22-23H,10-11,19-21H2,1-4H3,(H2,32,33,34). The van der Waals surface area contributed by atoms with Crippen LogP contribution in [-0.4, -0.2) is 17.3 Å². The minimum atomic E-state index is -0.108. The van der Waals surface area contributed by atoms with Crippen LogP contribution in [0.3, 0.4) is 0 Å². The Bertz CT molecular complexity index is 1110. The molecule has 0 atom stereocenters. The lowest BCUT2D eigenvalue weighted by atomic mass is 9.93. The Morgan fingerprint density at radius 1 is 0.829 bits per heavy atom. The normalized spacial score (nSPS) is 14.9. The van der Waals surface area contributed by atoms with E-state index in [0.717, 1.165) is 18.5 Å². The van der Waals surface area contributed by atoms with Gasteiger partial charge in [-0.3, -0.25) is 0 Å². The van der Waals surface area contributed by atoms with Gasteiger partial charge >= 0.3 is 6.03 Å². The molecule has 1 aliphatic carbocycles. The fourth-order valence-corrected chi connectivity index (χ4v) is 6.62. The van der Waals surface area contributed by atoms with Gasteiger partial charge in [0.25, 0.3) is 0 Å². The Hall–Kier alpha value is -2.72. The summed E-state index contributed by atoms with van der Waals surface area (Å²) < 4.78 is 0.0146. The summed E-state index contributed by atoms with van der Waals surface area (Å²) >= 11 is 1.94. The molecule has 35 heavy (non-hydrogen) atoms. The van der Waals surface area contributed by atoms with E-state index in [2.05, 4.69) is 111 Å². The van der Waals surface area contributed by atoms with Crippen molar-refractivity contribution >= 4 is 23.5 Å². The van der Waals surface area contributed by atoms with Crippen molar-refractivity contribution in [1.29, 1.82) is 0 Å². The van der Waals surface area contributed by atoms with Crippen molar-refractivity contribution in [3.05, 3.63) is 83.9 Å². The van der Waals surface area contributed by atoms with E-state index in [1.807, 2.05) is 11.8 Å². The predicted octanol–water partition coefficient (Wildman–Crippen LogP) is 8.83. The lowest BCUT2D eigenvalue weighted by Gasteiger charge is -2.30. The highest BCUT2D eigenvalue weighted by molar-refractivity contribution is 8.00. The Balaban J connectivity index is 1.51. The maximum absolute atomic E-state index is 13.2. The van der Waals surface area contributed by atoms with Crippen LogP contribution in [0.25, 0.3) is 11.1 Å². The largest absolute Gasteiger partial charge is 0.336 e. The molecule has 184 valence electrons. The first kappa shape index (κ1) is 25.4. The van der Waals surface area contributed by atoms with Crippen molar-refractivity contribution < 1.29 is 4.79 Å². The monoisotopic (exact) mass is 486 g/mol. The van der Waals surface area contributed by atoms with Gasteiger partial charge in [-0.15, -0.1) is 11.8 Å². The number of urea groups is 1. The molecule has 0 spiro atoms. The number of para-hydroxylation sites is 1. The van der Waals surface area contributed by atoms with Crippen LogP contribution >= 0.6 is 11.8 Å². The molecule has 0 saturated heterocycles. The highest BCUT2D eigenvalue weighted by Gasteiger charge is 2.36. The molecule has 0 bridgehead atoms. The molecule has 4 heteroatoms. The number of carbonyl (C=O) groups is 1. The number of rotatable bonds is 8. The number of carbonyl (C=O) groups excluding carboxylic acids is 1. The third-order valence-corrected chi connectivity index (χ3v) is 8.56. The second-order valence-corrected chi connectivity index (χ2v) is 11.8. The van der Waals surface area contributed by atoms with E-state index < -0.39 is 0 Å². The molecule has 1 fully saturated rings. The highest BCUT2D eigenvalue weighted by atomic mass is 32.2. The molecule has 3 aromatic rings. The van der Waals surface area contributed by atoms with E-state index >= 15 is 0 Å². The zero-order chi connectivity index (χ0) is 24.8. The molecule has 1 aliphatic rings. The van der Waals surface area contributed by atoms with Gasteiger partial charge < -0.3 is 10.6 Å². The van der Waals surface area contributed by atoms with E-state index in [1.54, 1.807) is 0 Å². The van der Waals surface area contributed by atoms with Gasteiger partial charge in [0.1, 0.15) is 0 Å². The quantitative estimate of drug-likeness (QED) is 0.334. The Kier molecular flexibility index (Phi) is 8.22. The number of thioether (sulfide) groups is 1. The van der Waals surface area contributed by atoms with Gasteiger partial charge in [-0.2, -0.15) is 0 Å². The van der Waals surface area contributed by atoms with Crippen molar-refractivity contribution in [1.82, 2.24) is 5.32 Å². The second kappa shape index (κ2) is 11.3. The molecular weight excluding hydrogens is 448 g/mol. The molecule has 3 aromatic carbocycles. The van der Waals surface area contributed by atoms with Crippen LogP contribution in [0.1, 0.15) is 76.3 Å². The van der Waals surface area contributed by atoms with Gasteiger partial charge in [0.15, 0.2) is 0 Å². The molecular formula is C31H38N2OS. The second-order valence-electron chi connectivity index (χ2n) is 10.3. The summed E-state index contributed by atoms with van der Waals surface area (Å²) in [6.45, 7) is 9.37. The van der Waals surface area contributed by atoms with Gasteiger partial charge in [0.2, 0.25) is 0 Å². The number of hydrogen-bond acceptors (Lipinski definition) is 2. The SMILES string of the molecule is CC(C)c1cccc(C(C)C)c1NC(=O)NCC1(Sc2ccccc2-c2ccccc2)CCCC1. The molecule has 2 N–H and O–H groups in total. The smallest absolute Gasteiger partial charge is 0.319 e. The molecule has 2 amide bonds. The zero-order valence-corrected chi connectivity index (χ0v) is 22.3. The van der Waals surface area contributed by atoms with Crippen LogP contribution in [-0.2, 0) is 0 Å². The molecule has 4 rings (SSSR count). The van der Waals surface area contributed by atoms with Gasteiger partial charge in [-0.1, -0.05) is 107 Å². The number of anilines is 1. The number of benzene rings is 3. The summed E-state index contributed by atoms with van der Waals surface area (Å²) in [7, 11) is 0. The third kappa shape index (κ3) is 6.10. The molecule has 0 aromatic heterocycles. The van der Waals surface area contributed by atoms with E-state index in [4.69, 9.17) is 0 Å². The molecule has 0 unspecified atom stereocenters. The van der Waals surface area contributed by atoms with Crippen LogP contribution in [0.4, 0.5) is 10.5 Å². The fraction of sp³-hybridized carbons (Fsp3) is 0.387. The summed E-state index contributed by atoms with van der Waals surface area (Å²) in [6, 6.07) is 25.5. The fourth-order valence-electron chi connectivity index (χ4n) is 5.07. The first-order valence-corrected chi connectivity index (χ1v) is 13.7. The van der Waals surface area contributed by atoms with Crippen molar-refractivity contribution in [3.8, 4) is 11.1 Å². The molecule has 1 saturated carbocycles. The first-order chi connectivity index (χ1) is 16.9. The Labute approximate surface area is 215 Å². The summed E-state index contributed by atoms with van der Waals surface area (Å²) in [4.78, 5) is 14.5. The lowest BCUT2D eigenvalue weighted by Crippen LogP contribution is -2.41. The van der Waals surface area contributed by atoms with E-state index in [9.17, 15) is 4.79 Å². The Morgan fingerprint density at radius 2 is 1.43 bits per heavy atom. The topological polar surface area (TPSA) is 41.1 Å². The van der Waals surface area contributed by atoms with Gasteiger partial charge in [-0.05, 0) is 53.0 Å². The first-order valence-electron chi connectivity index (χ1n) is 12.9. The summed E-state index contributed by atoms with van der Waals surface area (Å²) in [5.74, 6) is 0.686. The number of nitrogens with one attached hydrogen (secondary N) is 2. The van der Waals surface area contributed by atoms with E-state index in [1.165, 1.54) is 40.0 Å². The van der Waals surface area contributed by atoms with E-state index in [-0.39, 0.29) is 10.8 Å². The van der Waals surface area contributed by atoms with Crippen LogP contribution < -0.4 is 10.6 Å². The van der Waals surface area contributed by atoms with Gasteiger partial charge in [0, 0.05) is 21.9 Å². The molecule has 0 aliphatic heterocycles. The Morgan fingerprint density at radius 3 is 2.06 bits per heavy atom. The summed E-state index contributed by atoms with van der Waals surface area (Å²) in [5, 5.41) is 6.48. The summed E-state index contributed by atoms with van der Waals surface area (Å²) in [6.07, 6.45) is 4.64. The molecule has 0 heterocycles. The number of hydrogen-bond donors (Lipinski definition) is 2. The van der Waals surface area contributed by atoms with Gasteiger partial charge in [-0.25, -0.2) is 4.79 Å². The van der Waals surface area contributed by atoms with Crippen LogP contribution in [0.2, 0.25) is 0 Å². The maximum atomic E-state index is 13.2. The minimum absolute atomic E-state index is 0.0146. The van der Waals surface area contributed by atoms with Crippen LogP contribution in [0.5, 0.6) is 0 Å². The zero-order valence-electron chi connectivity index (χ0n) is 21.4. The number of amides is 2. The average Bonchev–Trinajstić information content (AvgIpc) is 3.32. The van der Waals surface area contributed by atoms with Crippen molar-refractivity contribution in [3.63, 3.8) is 0 Å². The lowest BCUT2D eigenvalue weighted by molar-refractivity contribution is 0.251. The van der Waals surface area contributed by atoms with Crippen LogP contribution in [0.15, 0.2) is 77.7 Å². The van der Waals surface area contributed by atoms with Crippen molar-refractivity contribution in [2.45, 2.75) is 74.9 Å². The van der Waals surface area contributed by atoms with Gasteiger partial charge in [0.05, 0.1) is 0 Å². The van der Waals surface area contributed by atoms with Crippen LogP contribution in [0, 0.1) is 0 Å². The van der Waals surface area contributed by atoms with E-state index in [0.29, 0.717) is 18.4 Å². The third-order valence-electron chi connectivity index (χ3n) is 7.00. The highest BCUT2D eigenvalue weighted by Crippen LogP contribution is 2.47. The summed E-state index contributed by atoms with van der Waals surface area (Å²) in [5.41, 5.74) is 5.85. The predicted molar refractivity (Wildman–Crippen MR) is 151 cm³/mol. The maximum Gasteiger partial charge on any atom is 0.319 e.